The van der Waals surface area contributed by atoms with Gasteiger partial charge in [0.15, 0.2) is 0 Å². The number of carbonyl (C=O) groups is 2. The van der Waals surface area contributed by atoms with Gasteiger partial charge in [-0.2, -0.15) is 0 Å². The maximum atomic E-state index is 13.2. The third-order valence-electron chi connectivity index (χ3n) is 5.79. The van der Waals surface area contributed by atoms with E-state index in [0.29, 0.717) is 6.42 Å². The normalized spacial score (nSPS) is 13.1. The van der Waals surface area contributed by atoms with Crippen LogP contribution < -0.4 is 14.9 Å². The van der Waals surface area contributed by atoms with Gasteiger partial charge in [0.25, 0.3) is 11.8 Å². The molecule has 194 valence electrons. The van der Waals surface area contributed by atoms with Crippen LogP contribution in [0.5, 0.6) is 0 Å². The summed E-state index contributed by atoms with van der Waals surface area (Å²) in [7, 11) is -2.31. The highest BCUT2D eigenvalue weighted by molar-refractivity contribution is 7.92. The molecule has 0 bridgehead atoms. The van der Waals surface area contributed by atoms with Gasteiger partial charge in [-0.15, -0.1) is 0 Å². The average molecular weight is 522 g/mol. The molecule has 2 amide bonds. The van der Waals surface area contributed by atoms with E-state index in [1.807, 2.05) is 60.7 Å². The van der Waals surface area contributed by atoms with E-state index in [-0.39, 0.29) is 16.8 Å². The Morgan fingerprint density at radius 3 is 2.08 bits per heavy atom. The minimum Gasteiger partial charge on any atom is -0.391 e. The van der Waals surface area contributed by atoms with Crippen molar-refractivity contribution < 1.29 is 23.1 Å². The van der Waals surface area contributed by atoms with Crippen LogP contribution in [-0.4, -0.2) is 50.8 Å². The van der Waals surface area contributed by atoms with Gasteiger partial charge < -0.3 is 15.7 Å². The fraction of sp³-hybridized carbons (Fsp3) is 0.214. The Kier molecular flexibility index (Phi) is 9.21. The van der Waals surface area contributed by atoms with Crippen molar-refractivity contribution in [2.24, 2.45) is 0 Å². The van der Waals surface area contributed by atoms with Gasteiger partial charge in [-0.05, 0) is 48.7 Å². The van der Waals surface area contributed by atoms with E-state index in [2.05, 4.69) is 10.6 Å². The van der Waals surface area contributed by atoms with Gasteiger partial charge in [0.2, 0.25) is 10.0 Å². The first kappa shape index (κ1) is 27.6. The second-order valence-electron chi connectivity index (χ2n) is 8.73. The van der Waals surface area contributed by atoms with E-state index in [1.54, 1.807) is 13.0 Å². The van der Waals surface area contributed by atoms with Crippen molar-refractivity contribution in [3.05, 3.63) is 107 Å². The lowest BCUT2D eigenvalue weighted by Gasteiger charge is -2.23. The Labute approximate surface area is 217 Å². The van der Waals surface area contributed by atoms with Gasteiger partial charge in [0, 0.05) is 24.4 Å². The van der Waals surface area contributed by atoms with E-state index in [1.165, 1.54) is 31.4 Å². The number of aliphatic hydroxyl groups excluding tert-OH is 1. The largest absolute Gasteiger partial charge is 0.391 e. The molecule has 3 aromatic carbocycles. The zero-order valence-electron chi connectivity index (χ0n) is 21.0. The summed E-state index contributed by atoms with van der Waals surface area (Å²) in [5.41, 5.74) is 2.17. The van der Waals surface area contributed by atoms with Crippen molar-refractivity contribution in [2.45, 2.75) is 25.5 Å². The number of rotatable bonds is 10. The molecule has 37 heavy (non-hydrogen) atoms. The van der Waals surface area contributed by atoms with Crippen LogP contribution in [0.25, 0.3) is 6.08 Å². The summed E-state index contributed by atoms with van der Waals surface area (Å²) in [6.07, 6.45) is 3.77. The first-order chi connectivity index (χ1) is 17.5. The highest BCUT2D eigenvalue weighted by atomic mass is 32.2. The summed E-state index contributed by atoms with van der Waals surface area (Å²) in [5, 5.41) is 15.7. The van der Waals surface area contributed by atoms with Crippen LogP contribution in [0, 0.1) is 0 Å². The molecule has 0 aliphatic rings. The first-order valence-corrected chi connectivity index (χ1v) is 13.5. The van der Waals surface area contributed by atoms with E-state index in [0.717, 1.165) is 21.7 Å². The zero-order valence-corrected chi connectivity index (χ0v) is 21.8. The van der Waals surface area contributed by atoms with Crippen molar-refractivity contribution in [2.75, 3.05) is 17.6 Å². The Bertz CT molecular complexity index is 1360. The van der Waals surface area contributed by atoms with Crippen molar-refractivity contribution in [1.82, 2.24) is 10.6 Å². The third-order valence-corrected chi connectivity index (χ3v) is 7.00. The molecule has 2 unspecified atom stereocenters. The van der Waals surface area contributed by atoms with Gasteiger partial charge >= 0.3 is 0 Å². The molecule has 0 aromatic heterocycles. The second kappa shape index (κ2) is 12.3. The van der Waals surface area contributed by atoms with Crippen LogP contribution >= 0.6 is 0 Å². The van der Waals surface area contributed by atoms with Crippen LogP contribution in [0.1, 0.15) is 38.8 Å². The summed E-state index contributed by atoms with van der Waals surface area (Å²) in [4.78, 5) is 26.1. The third kappa shape index (κ3) is 8.03. The summed E-state index contributed by atoms with van der Waals surface area (Å²) in [6.45, 7) is 1.58. The average Bonchev–Trinajstić information content (AvgIpc) is 2.88. The minimum absolute atomic E-state index is 0.0869. The monoisotopic (exact) mass is 521 g/mol. The van der Waals surface area contributed by atoms with Crippen LogP contribution in [0.2, 0.25) is 0 Å². The smallest absolute Gasteiger partial charge is 0.255 e. The number of nitrogens with zero attached hydrogens (tertiary/aromatic N) is 1. The number of aliphatic hydroxyl groups is 1. The Morgan fingerprint density at radius 1 is 0.946 bits per heavy atom. The van der Waals surface area contributed by atoms with Crippen molar-refractivity contribution in [1.29, 1.82) is 0 Å². The van der Waals surface area contributed by atoms with Gasteiger partial charge in [0.1, 0.15) is 0 Å². The Hall–Kier alpha value is -3.95. The lowest BCUT2D eigenvalue weighted by Crippen LogP contribution is -2.43. The highest BCUT2D eigenvalue weighted by Crippen LogP contribution is 2.21. The van der Waals surface area contributed by atoms with Crippen molar-refractivity contribution in [3.8, 4) is 0 Å². The fourth-order valence-corrected chi connectivity index (χ4v) is 4.06. The molecule has 0 fully saturated rings. The predicted octanol–water partition coefficient (Wildman–Crippen LogP) is 3.21. The first-order valence-electron chi connectivity index (χ1n) is 11.7. The number of carbonyl (C=O) groups excluding carboxylic acids is 2. The summed E-state index contributed by atoms with van der Waals surface area (Å²) in [5.74, 6) is -1.05. The lowest BCUT2D eigenvalue weighted by molar-refractivity contribution is 0.0859. The molecule has 8 nitrogen and oxygen atoms in total. The molecule has 3 rings (SSSR count). The van der Waals surface area contributed by atoms with E-state index in [9.17, 15) is 23.1 Å². The SMILES string of the molecule is CC(O)C(Cc1ccccc1)NC(=O)c1cc(C(=O)NC=Cc2ccccc2)cc(N(C)S(C)(=O)=O)c1. The molecule has 9 heteroatoms. The van der Waals surface area contributed by atoms with Crippen LogP contribution in [0.4, 0.5) is 5.69 Å². The van der Waals surface area contributed by atoms with Gasteiger partial charge in [-0.1, -0.05) is 60.7 Å². The van der Waals surface area contributed by atoms with Crippen LogP contribution in [-0.2, 0) is 16.4 Å². The van der Waals surface area contributed by atoms with Crippen molar-refractivity contribution in [3.63, 3.8) is 0 Å². The van der Waals surface area contributed by atoms with Gasteiger partial charge in [-0.25, -0.2) is 8.42 Å². The van der Waals surface area contributed by atoms with Gasteiger partial charge in [-0.3, -0.25) is 13.9 Å². The number of nitrogens with one attached hydrogen (secondary N) is 2. The predicted molar refractivity (Wildman–Crippen MR) is 146 cm³/mol. The zero-order chi connectivity index (χ0) is 27.0. The summed E-state index contributed by atoms with van der Waals surface area (Å²) in [6, 6.07) is 22.4. The molecule has 3 N–H and O–H groups in total. The topological polar surface area (TPSA) is 116 Å². The standard InChI is InChI=1S/C28H31N3O5S/c1-20(32)26(16-22-12-8-5-9-13-22)30-28(34)24-17-23(18-25(19-24)31(2)37(3,35)36)27(33)29-15-14-21-10-6-4-7-11-21/h4-15,17-20,26,32H,16H2,1-3H3,(H,29,33)(H,30,34). The Morgan fingerprint density at radius 2 is 1.51 bits per heavy atom. The van der Waals surface area contributed by atoms with Crippen molar-refractivity contribution >= 4 is 33.6 Å². The Balaban J connectivity index is 1.88. The number of sulfonamides is 1. The van der Waals surface area contributed by atoms with E-state index < -0.39 is 34.0 Å². The maximum absolute atomic E-state index is 13.2. The molecule has 2 atom stereocenters. The molecular formula is C28H31N3O5S. The molecule has 0 heterocycles. The van der Waals surface area contributed by atoms with Gasteiger partial charge in [0.05, 0.1) is 24.1 Å². The molecule has 0 spiro atoms. The molecule has 0 saturated carbocycles. The number of anilines is 1. The number of hydrogen-bond donors (Lipinski definition) is 3. The fourth-order valence-electron chi connectivity index (χ4n) is 3.57. The molecular weight excluding hydrogens is 490 g/mol. The lowest BCUT2D eigenvalue weighted by atomic mass is 10.0. The summed E-state index contributed by atoms with van der Waals surface area (Å²) >= 11 is 0. The molecule has 3 aromatic rings. The highest BCUT2D eigenvalue weighted by Gasteiger charge is 2.22. The minimum atomic E-state index is -3.66. The van der Waals surface area contributed by atoms with Crippen LogP contribution in [0.15, 0.2) is 85.1 Å². The number of benzene rings is 3. The molecule has 0 saturated heterocycles. The number of amides is 2. The van der Waals surface area contributed by atoms with E-state index >= 15 is 0 Å². The quantitative estimate of drug-likeness (QED) is 0.379. The molecule has 0 aliphatic heterocycles. The maximum Gasteiger partial charge on any atom is 0.255 e. The van der Waals surface area contributed by atoms with Crippen LogP contribution in [0.3, 0.4) is 0 Å². The molecule has 0 radical (unpaired) electrons. The van der Waals surface area contributed by atoms with E-state index in [4.69, 9.17) is 0 Å². The molecule has 0 aliphatic carbocycles. The second-order valence-corrected chi connectivity index (χ2v) is 10.7. The number of hydrogen-bond acceptors (Lipinski definition) is 5. The summed E-state index contributed by atoms with van der Waals surface area (Å²) < 4.78 is 25.3.